The summed E-state index contributed by atoms with van der Waals surface area (Å²) >= 11 is 0. The van der Waals surface area contributed by atoms with Crippen molar-refractivity contribution >= 4 is 0 Å². The molecule has 0 heterocycles. The fourth-order valence-corrected chi connectivity index (χ4v) is 2.93. The van der Waals surface area contributed by atoms with Crippen molar-refractivity contribution in [2.24, 2.45) is 11.8 Å². The van der Waals surface area contributed by atoms with E-state index >= 15 is 0 Å². The zero-order valence-electron chi connectivity index (χ0n) is 20.6. The predicted octanol–water partition coefficient (Wildman–Crippen LogP) is 10.3. The first kappa shape index (κ1) is 30.9. The topological polar surface area (TPSA) is 0 Å². The van der Waals surface area contributed by atoms with E-state index in [-0.39, 0.29) is 0 Å². The highest BCUT2D eigenvalue weighted by Crippen LogP contribution is 2.16. The van der Waals surface area contributed by atoms with Crippen LogP contribution < -0.4 is 0 Å². The predicted molar refractivity (Wildman–Crippen MR) is 131 cm³/mol. The molecule has 0 aromatic carbocycles. The van der Waals surface area contributed by atoms with Crippen LogP contribution in [0.1, 0.15) is 127 Å². The van der Waals surface area contributed by atoms with Gasteiger partial charge >= 0.3 is 0 Å². The molecular weight excluding hydrogens is 324 g/mol. The largest absolute Gasteiger partial charge is 0.0885 e. The molecule has 162 valence electrons. The van der Waals surface area contributed by atoms with Crippen LogP contribution in [0.5, 0.6) is 0 Å². The Morgan fingerprint density at radius 2 is 1.37 bits per heavy atom. The van der Waals surface area contributed by atoms with Crippen LogP contribution in [0.4, 0.5) is 0 Å². The Labute approximate surface area is 174 Å². The molecule has 0 spiro atoms. The monoisotopic (exact) mass is 378 g/mol. The lowest BCUT2D eigenvalue weighted by atomic mass is 9.97. The summed E-state index contributed by atoms with van der Waals surface area (Å²) < 4.78 is 0. The van der Waals surface area contributed by atoms with Crippen molar-refractivity contribution in [3.05, 3.63) is 36.0 Å². The number of allylic oxidation sites excluding steroid dienone is 6. The second-order valence-electron chi connectivity index (χ2n) is 7.02. The number of hydrogen-bond donors (Lipinski definition) is 0. The highest BCUT2D eigenvalue weighted by molar-refractivity contribution is 5.00. The Bertz CT molecular complexity index is 332. The van der Waals surface area contributed by atoms with Gasteiger partial charge in [-0.2, -0.15) is 0 Å². The standard InChI is InChI=1S/3C7H12.3C2H6/c3*1-7-5-3-2-4-6-7;3*1-2/h5H,2-4,6H2,1H3;3,5,7H,2,4,6H2,1H3;2-3,7H,4-6H2,1H3;3*1-2H3. The zero-order chi connectivity index (χ0) is 21.3. The molecule has 0 heteroatoms. The quantitative estimate of drug-likeness (QED) is 0.368. The minimum absolute atomic E-state index is 0.855. The van der Waals surface area contributed by atoms with Crippen molar-refractivity contribution in [1.82, 2.24) is 0 Å². The van der Waals surface area contributed by atoms with Gasteiger partial charge < -0.3 is 0 Å². The molecule has 2 atom stereocenters. The molecule has 3 aliphatic rings. The maximum absolute atomic E-state index is 2.35. The lowest BCUT2D eigenvalue weighted by Gasteiger charge is -2.09. The molecule has 0 aromatic heterocycles. The molecule has 0 radical (unpaired) electrons. The zero-order valence-corrected chi connectivity index (χ0v) is 20.6. The molecule has 0 saturated carbocycles. The molecular formula is C27H54. The van der Waals surface area contributed by atoms with Gasteiger partial charge in [-0.25, -0.2) is 0 Å². The van der Waals surface area contributed by atoms with E-state index in [1.807, 2.05) is 41.5 Å². The number of hydrogen-bond acceptors (Lipinski definition) is 0. The van der Waals surface area contributed by atoms with E-state index in [0.717, 1.165) is 11.8 Å². The van der Waals surface area contributed by atoms with Gasteiger partial charge in [0.05, 0.1) is 0 Å². The Morgan fingerprint density at radius 1 is 0.704 bits per heavy atom. The van der Waals surface area contributed by atoms with Gasteiger partial charge in [-0.15, -0.1) is 0 Å². The van der Waals surface area contributed by atoms with Gasteiger partial charge in [0.1, 0.15) is 0 Å². The van der Waals surface area contributed by atoms with Crippen LogP contribution in [0.3, 0.4) is 0 Å². The minimum Gasteiger partial charge on any atom is -0.0885 e. The third-order valence-electron chi connectivity index (χ3n) is 4.54. The summed E-state index contributed by atoms with van der Waals surface area (Å²) in [6, 6.07) is 0. The van der Waals surface area contributed by atoms with E-state index in [1.54, 1.807) is 5.57 Å². The van der Waals surface area contributed by atoms with Gasteiger partial charge in [-0.05, 0) is 83.0 Å². The van der Waals surface area contributed by atoms with Gasteiger partial charge in [0.25, 0.3) is 0 Å². The number of rotatable bonds is 0. The Morgan fingerprint density at radius 3 is 1.59 bits per heavy atom. The van der Waals surface area contributed by atoms with Gasteiger partial charge in [0, 0.05) is 0 Å². The molecule has 27 heavy (non-hydrogen) atoms. The second kappa shape index (κ2) is 27.4. The first-order valence-corrected chi connectivity index (χ1v) is 12.2. The fourth-order valence-electron chi connectivity index (χ4n) is 2.93. The van der Waals surface area contributed by atoms with Crippen molar-refractivity contribution < 1.29 is 0 Å². The van der Waals surface area contributed by atoms with Gasteiger partial charge in [-0.1, -0.05) is 91.3 Å². The molecule has 0 fully saturated rings. The lowest BCUT2D eigenvalue weighted by molar-refractivity contribution is 0.527. The van der Waals surface area contributed by atoms with Crippen molar-refractivity contribution in [3.8, 4) is 0 Å². The minimum atomic E-state index is 0.855. The molecule has 0 N–H and O–H groups in total. The van der Waals surface area contributed by atoms with Gasteiger partial charge in [-0.3, -0.25) is 0 Å². The first-order chi connectivity index (χ1) is 13.2. The molecule has 0 saturated heterocycles. The van der Waals surface area contributed by atoms with Gasteiger partial charge in [0.2, 0.25) is 0 Å². The summed E-state index contributed by atoms with van der Waals surface area (Å²) in [6.07, 6.45) is 25.1. The third kappa shape index (κ3) is 25.2. The van der Waals surface area contributed by atoms with Crippen LogP contribution in [0.15, 0.2) is 36.0 Å². The molecule has 0 nitrogen and oxygen atoms in total. The Balaban J connectivity index is -0.000000281. The summed E-state index contributed by atoms with van der Waals surface area (Å²) in [5.74, 6) is 1.80. The van der Waals surface area contributed by atoms with E-state index in [1.165, 1.54) is 64.2 Å². The molecule has 0 amide bonds. The van der Waals surface area contributed by atoms with Crippen molar-refractivity contribution in [2.45, 2.75) is 127 Å². The summed E-state index contributed by atoms with van der Waals surface area (Å²) in [7, 11) is 0. The third-order valence-corrected chi connectivity index (χ3v) is 4.54. The second-order valence-corrected chi connectivity index (χ2v) is 7.02. The summed E-state index contributed by atoms with van der Waals surface area (Å²) in [5, 5.41) is 0. The van der Waals surface area contributed by atoms with E-state index < -0.39 is 0 Å². The van der Waals surface area contributed by atoms with Crippen molar-refractivity contribution in [3.63, 3.8) is 0 Å². The van der Waals surface area contributed by atoms with Crippen molar-refractivity contribution in [1.29, 1.82) is 0 Å². The summed E-state index contributed by atoms with van der Waals surface area (Å²) in [5.41, 5.74) is 1.59. The first-order valence-electron chi connectivity index (χ1n) is 12.2. The molecule has 3 rings (SSSR count). The van der Waals surface area contributed by atoms with E-state index in [4.69, 9.17) is 0 Å². The average Bonchev–Trinajstić information content (AvgIpc) is 2.75. The highest BCUT2D eigenvalue weighted by Gasteiger charge is 2.00. The molecule has 0 aromatic rings. The van der Waals surface area contributed by atoms with Crippen LogP contribution in [0.25, 0.3) is 0 Å². The van der Waals surface area contributed by atoms with E-state index in [0.29, 0.717) is 0 Å². The molecule has 2 unspecified atom stereocenters. The van der Waals surface area contributed by atoms with Crippen LogP contribution in [-0.2, 0) is 0 Å². The smallest absolute Gasteiger partial charge is 0.0262 e. The average molecular weight is 379 g/mol. The SMILES string of the molecule is CC.CC.CC.CC1=CCCCC1.CC1C=CCCC1.CC1CC=CCC1. The summed E-state index contributed by atoms with van der Waals surface area (Å²) in [4.78, 5) is 0. The van der Waals surface area contributed by atoms with Gasteiger partial charge in [0.15, 0.2) is 0 Å². The van der Waals surface area contributed by atoms with E-state index in [2.05, 4.69) is 51.2 Å². The van der Waals surface area contributed by atoms with Crippen molar-refractivity contribution in [2.75, 3.05) is 0 Å². The summed E-state index contributed by atoms with van der Waals surface area (Å²) in [6.45, 7) is 18.8. The van der Waals surface area contributed by atoms with Crippen LogP contribution in [-0.4, -0.2) is 0 Å². The maximum Gasteiger partial charge on any atom is -0.0262 e. The van der Waals surface area contributed by atoms with Crippen LogP contribution in [0.2, 0.25) is 0 Å². The molecule has 0 bridgehead atoms. The maximum atomic E-state index is 2.35. The highest BCUT2D eigenvalue weighted by atomic mass is 14.1. The fraction of sp³-hybridized carbons (Fsp3) is 0.778. The Kier molecular flexibility index (Phi) is 31.4. The Hall–Kier alpha value is -0.780. The van der Waals surface area contributed by atoms with Crippen LogP contribution in [0, 0.1) is 11.8 Å². The van der Waals surface area contributed by atoms with Crippen LogP contribution >= 0.6 is 0 Å². The van der Waals surface area contributed by atoms with E-state index in [9.17, 15) is 0 Å². The molecule has 3 aliphatic carbocycles. The normalized spacial score (nSPS) is 22.2. The lowest BCUT2D eigenvalue weighted by Crippen LogP contribution is -1.94. The molecule has 0 aliphatic heterocycles.